The van der Waals surface area contributed by atoms with Crippen molar-refractivity contribution in [2.45, 2.75) is 25.4 Å². The zero-order valence-electron chi connectivity index (χ0n) is 15.8. The first kappa shape index (κ1) is 19.8. The van der Waals surface area contributed by atoms with Gasteiger partial charge in [0.2, 0.25) is 5.91 Å². The fraction of sp³-hybridized carbons (Fsp3) is 0.381. The van der Waals surface area contributed by atoms with Crippen molar-refractivity contribution in [1.29, 1.82) is 0 Å². The number of nitrogens with zero attached hydrogens (tertiary/aromatic N) is 1. The van der Waals surface area contributed by atoms with Crippen molar-refractivity contribution in [2.24, 2.45) is 0 Å². The van der Waals surface area contributed by atoms with E-state index < -0.39 is 6.10 Å². The molecule has 0 radical (unpaired) electrons. The number of rotatable bonds is 8. The average molecular weight is 357 g/mol. The van der Waals surface area contributed by atoms with Crippen LogP contribution in [0.15, 0.2) is 48.5 Å². The number of amides is 1. The van der Waals surface area contributed by atoms with E-state index in [2.05, 4.69) is 0 Å². The Morgan fingerprint density at radius 2 is 1.69 bits per heavy atom. The molecule has 1 amide bonds. The number of aliphatic hydroxyl groups is 1. The highest BCUT2D eigenvalue weighted by atomic mass is 16.5. The largest absolute Gasteiger partial charge is 0.493 e. The van der Waals surface area contributed by atoms with Crippen LogP contribution in [0.25, 0.3) is 0 Å². The molecule has 0 aliphatic heterocycles. The van der Waals surface area contributed by atoms with Crippen LogP contribution in [0.3, 0.4) is 0 Å². The molecule has 0 aliphatic carbocycles. The number of likely N-dealkylation sites (N-methyl/N-ethyl adjacent to an activating group) is 1. The smallest absolute Gasteiger partial charge is 0.223 e. The summed E-state index contributed by atoms with van der Waals surface area (Å²) in [7, 11) is 4.83. The van der Waals surface area contributed by atoms with Crippen molar-refractivity contribution in [3.8, 4) is 11.5 Å². The maximum absolute atomic E-state index is 12.5. The maximum atomic E-state index is 12.5. The second kappa shape index (κ2) is 9.25. The first-order valence-corrected chi connectivity index (χ1v) is 8.65. The number of benzene rings is 2. The van der Waals surface area contributed by atoms with E-state index >= 15 is 0 Å². The van der Waals surface area contributed by atoms with Crippen molar-refractivity contribution in [3.05, 3.63) is 59.7 Å². The Kier molecular flexibility index (Phi) is 7.04. The molecule has 0 spiro atoms. The topological polar surface area (TPSA) is 59.0 Å². The molecule has 0 saturated heterocycles. The molecule has 0 aliphatic rings. The average Bonchev–Trinajstić information content (AvgIpc) is 2.67. The van der Waals surface area contributed by atoms with E-state index in [0.717, 1.165) is 5.56 Å². The maximum Gasteiger partial charge on any atom is 0.223 e. The van der Waals surface area contributed by atoms with E-state index in [1.165, 1.54) is 0 Å². The standard InChI is InChI=1S/C21H27NO4/c1-15(16-8-6-5-7-9-16)12-21(24)22(2)14-18(23)17-10-11-19(25-3)20(13-17)26-4/h5-11,13,15,18,23H,12,14H2,1-4H3. The van der Waals surface area contributed by atoms with Crippen LogP contribution in [-0.2, 0) is 4.79 Å². The molecule has 0 fully saturated rings. The SMILES string of the molecule is COc1ccc(C(O)CN(C)C(=O)CC(C)c2ccccc2)cc1OC. The summed E-state index contributed by atoms with van der Waals surface area (Å²) in [5, 5.41) is 10.5. The molecular weight excluding hydrogens is 330 g/mol. The van der Waals surface area contributed by atoms with E-state index in [0.29, 0.717) is 23.5 Å². The van der Waals surface area contributed by atoms with Gasteiger partial charge in [-0.1, -0.05) is 43.3 Å². The first-order valence-electron chi connectivity index (χ1n) is 8.65. The number of ether oxygens (including phenoxy) is 2. The van der Waals surface area contributed by atoms with Crippen LogP contribution in [0.2, 0.25) is 0 Å². The van der Waals surface area contributed by atoms with Gasteiger partial charge in [-0.3, -0.25) is 4.79 Å². The van der Waals surface area contributed by atoms with Gasteiger partial charge < -0.3 is 19.5 Å². The lowest BCUT2D eigenvalue weighted by Gasteiger charge is -2.23. The zero-order chi connectivity index (χ0) is 19.1. The molecule has 0 aromatic heterocycles. The third kappa shape index (κ3) is 4.99. The lowest BCUT2D eigenvalue weighted by molar-refractivity contribution is -0.131. The van der Waals surface area contributed by atoms with Gasteiger partial charge in [0.05, 0.1) is 26.9 Å². The second-order valence-electron chi connectivity index (χ2n) is 6.42. The quantitative estimate of drug-likeness (QED) is 0.787. The predicted octanol–water partition coefficient (Wildman–Crippen LogP) is 3.39. The molecule has 1 N–H and O–H groups in total. The Morgan fingerprint density at radius 3 is 2.31 bits per heavy atom. The van der Waals surface area contributed by atoms with Crippen LogP contribution < -0.4 is 9.47 Å². The second-order valence-corrected chi connectivity index (χ2v) is 6.42. The molecule has 26 heavy (non-hydrogen) atoms. The summed E-state index contributed by atoms with van der Waals surface area (Å²) < 4.78 is 10.5. The van der Waals surface area contributed by atoms with E-state index in [9.17, 15) is 9.90 Å². The normalized spacial score (nSPS) is 13.0. The Morgan fingerprint density at radius 1 is 1.04 bits per heavy atom. The van der Waals surface area contributed by atoms with Gasteiger partial charge in [-0.15, -0.1) is 0 Å². The molecule has 140 valence electrons. The molecule has 5 heteroatoms. The number of carbonyl (C=O) groups excluding carboxylic acids is 1. The summed E-state index contributed by atoms with van der Waals surface area (Å²) >= 11 is 0. The monoisotopic (exact) mass is 357 g/mol. The van der Waals surface area contributed by atoms with Crippen LogP contribution in [0.5, 0.6) is 11.5 Å². The van der Waals surface area contributed by atoms with Gasteiger partial charge in [0, 0.05) is 13.5 Å². The Balaban J connectivity index is 1.97. The minimum Gasteiger partial charge on any atom is -0.493 e. The molecule has 5 nitrogen and oxygen atoms in total. The highest BCUT2D eigenvalue weighted by Crippen LogP contribution is 2.30. The van der Waals surface area contributed by atoms with Crippen molar-refractivity contribution in [2.75, 3.05) is 27.8 Å². The number of methoxy groups -OCH3 is 2. The predicted molar refractivity (Wildman–Crippen MR) is 102 cm³/mol. The van der Waals surface area contributed by atoms with E-state index in [4.69, 9.17) is 9.47 Å². The van der Waals surface area contributed by atoms with Gasteiger partial charge in [-0.25, -0.2) is 0 Å². The minimum absolute atomic E-state index is 0.000815. The van der Waals surface area contributed by atoms with Gasteiger partial charge in [-0.05, 0) is 29.2 Å². The fourth-order valence-corrected chi connectivity index (χ4v) is 2.84. The van der Waals surface area contributed by atoms with Gasteiger partial charge in [-0.2, -0.15) is 0 Å². The molecule has 2 aromatic carbocycles. The molecule has 2 unspecified atom stereocenters. The summed E-state index contributed by atoms with van der Waals surface area (Å²) in [5.74, 6) is 1.28. The summed E-state index contributed by atoms with van der Waals surface area (Å²) in [4.78, 5) is 14.1. The highest BCUT2D eigenvalue weighted by Gasteiger charge is 2.19. The Hall–Kier alpha value is -2.53. The highest BCUT2D eigenvalue weighted by molar-refractivity contribution is 5.76. The van der Waals surface area contributed by atoms with Gasteiger partial charge >= 0.3 is 0 Å². The number of hydrogen-bond acceptors (Lipinski definition) is 4. The molecule has 0 heterocycles. The van der Waals surface area contributed by atoms with E-state index in [-0.39, 0.29) is 18.4 Å². The Bertz CT molecular complexity index is 717. The molecule has 2 atom stereocenters. The van der Waals surface area contributed by atoms with Gasteiger partial charge in [0.1, 0.15) is 0 Å². The van der Waals surface area contributed by atoms with Crippen molar-refractivity contribution < 1.29 is 19.4 Å². The molecule has 0 bridgehead atoms. The Labute approximate surface area is 155 Å². The number of hydrogen-bond donors (Lipinski definition) is 1. The minimum atomic E-state index is -0.796. The molecule has 0 saturated carbocycles. The number of aliphatic hydroxyl groups excluding tert-OH is 1. The molecule has 2 rings (SSSR count). The molecular formula is C21H27NO4. The van der Waals surface area contributed by atoms with Gasteiger partial charge in [0.25, 0.3) is 0 Å². The molecule has 2 aromatic rings. The lowest BCUT2D eigenvalue weighted by Crippen LogP contribution is -2.31. The van der Waals surface area contributed by atoms with Crippen molar-refractivity contribution in [3.63, 3.8) is 0 Å². The first-order chi connectivity index (χ1) is 12.5. The summed E-state index contributed by atoms with van der Waals surface area (Å²) in [5.41, 5.74) is 1.81. The number of carbonyl (C=O) groups is 1. The zero-order valence-corrected chi connectivity index (χ0v) is 15.8. The summed E-state index contributed by atoms with van der Waals surface area (Å²) in [6.45, 7) is 2.25. The third-order valence-corrected chi connectivity index (χ3v) is 4.51. The lowest BCUT2D eigenvalue weighted by atomic mass is 9.97. The summed E-state index contributed by atoms with van der Waals surface area (Å²) in [6.07, 6.45) is -0.394. The van der Waals surface area contributed by atoms with Crippen molar-refractivity contribution >= 4 is 5.91 Å². The van der Waals surface area contributed by atoms with Crippen LogP contribution in [-0.4, -0.2) is 43.7 Å². The van der Waals surface area contributed by atoms with Gasteiger partial charge in [0.15, 0.2) is 11.5 Å². The van der Waals surface area contributed by atoms with Crippen LogP contribution in [0.1, 0.15) is 36.5 Å². The van der Waals surface area contributed by atoms with Crippen LogP contribution in [0.4, 0.5) is 0 Å². The van der Waals surface area contributed by atoms with E-state index in [1.807, 2.05) is 37.3 Å². The van der Waals surface area contributed by atoms with Crippen LogP contribution in [0, 0.1) is 0 Å². The third-order valence-electron chi connectivity index (χ3n) is 4.51. The fourth-order valence-electron chi connectivity index (χ4n) is 2.84. The van der Waals surface area contributed by atoms with Crippen molar-refractivity contribution in [1.82, 2.24) is 4.90 Å². The van der Waals surface area contributed by atoms with E-state index in [1.54, 1.807) is 44.4 Å². The van der Waals surface area contributed by atoms with Crippen LogP contribution >= 0.6 is 0 Å². The summed E-state index contributed by atoms with van der Waals surface area (Å²) in [6, 6.07) is 15.2.